The fourth-order valence-corrected chi connectivity index (χ4v) is 3.39. The third-order valence-electron chi connectivity index (χ3n) is 5.04. The van der Waals surface area contributed by atoms with Gasteiger partial charge in [-0.1, -0.05) is 92.2 Å². The standard InChI is InChI=1S/C23H26/c1-3-18(2)21-14-15-22(17-21)23(20-12-8-5-9-13-20)16-19-10-6-4-7-11-19/h4-14,17-18,23H,3,15-16H2,1-2H3. The lowest BCUT2D eigenvalue weighted by Crippen LogP contribution is -2.05. The first kappa shape index (κ1) is 15.8. The van der Waals surface area contributed by atoms with Crippen molar-refractivity contribution in [1.29, 1.82) is 0 Å². The summed E-state index contributed by atoms with van der Waals surface area (Å²) in [6.45, 7) is 4.61. The van der Waals surface area contributed by atoms with Gasteiger partial charge < -0.3 is 0 Å². The van der Waals surface area contributed by atoms with Crippen LogP contribution in [0, 0.1) is 5.92 Å². The van der Waals surface area contributed by atoms with Crippen molar-refractivity contribution in [3.05, 3.63) is 95.1 Å². The van der Waals surface area contributed by atoms with E-state index in [2.05, 4.69) is 86.7 Å². The van der Waals surface area contributed by atoms with E-state index in [1.807, 2.05) is 0 Å². The van der Waals surface area contributed by atoms with Gasteiger partial charge in [0.15, 0.2) is 0 Å². The van der Waals surface area contributed by atoms with Crippen LogP contribution in [0.4, 0.5) is 0 Å². The number of allylic oxidation sites excluding steroid dienone is 4. The minimum Gasteiger partial charge on any atom is -0.0769 e. The fraction of sp³-hybridized carbons (Fsp3) is 0.304. The molecule has 0 aromatic heterocycles. The number of hydrogen-bond acceptors (Lipinski definition) is 0. The van der Waals surface area contributed by atoms with Crippen molar-refractivity contribution >= 4 is 0 Å². The lowest BCUT2D eigenvalue weighted by Gasteiger charge is -2.19. The third kappa shape index (κ3) is 3.82. The summed E-state index contributed by atoms with van der Waals surface area (Å²) in [5.74, 6) is 1.15. The molecule has 3 rings (SSSR count). The van der Waals surface area contributed by atoms with Gasteiger partial charge in [-0.3, -0.25) is 0 Å². The lowest BCUT2D eigenvalue weighted by molar-refractivity contribution is 0.670. The summed E-state index contributed by atoms with van der Waals surface area (Å²) in [5, 5.41) is 0. The van der Waals surface area contributed by atoms with E-state index in [0.717, 1.165) is 12.8 Å². The molecule has 0 amide bonds. The molecule has 0 aliphatic heterocycles. The maximum Gasteiger partial charge on any atom is 0.00948 e. The smallest absolute Gasteiger partial charge is 0.00948 e. The van der Waals surface area contributed by atoms with Crippen molar-refractivity contribution in [2.24, 2.45) is 5.92 Å². The van der Waals surface area contributed by atoms with Crippen LogP contribution in [0.2, 0.25) is 0 Å². The maximum absolute atomic E-state index is 2.47. The Kier molecular flexibility index (Phi) is 5.12. The minimum absolute atomic E-state index is 0.483. The van der Waals surface area contributed by atoms with Crippen molar-refractivity contribution < 1.29 is 0 Å². The molecule has 2 aromatic carbocycles. The highest BCUT2D eigenvalue weighted by atomic mass is 14.3. The Morgan fingerprint density at radius 2 is 1.57 bits per heavy atom. The summed E-state index contributed by atoms with van der Waals surface area (Å²) in [6.07, 6.45) is 8.30. The first-order chi connectivity index (χ1) is 11.3. The molecule has 118 valence electrons. The van der Waals surface area contributed by atoms with Gasteiger partial charge in [0.05, 0.1) is 0 Å². The highest BCUT2D eigenvalue weighted by Gasteiger charge is 2.21. The predicted molar refractivity (Wildman–Crippen MR) is 99.6 cm³/mol. The van der Waals surface area contributed by atoms with E-state index < -0.39 is 0 Å². The van der Waals surface area contributed by atoms with Gasteiger partial charge in [0.25, 0.3) is 0 Å². The number of rotatable bonds is 6. The zero-order chi connectivity index (χ0) is 16.1. The average molecular weight is 302 g/mol. The molecule has 0 saturated heterocycles. The van der Waals surface area contributed by atoms with Crippen LogP contribution in [0.25, 0.3) is 0 Å². The van der Waals surface area contributed by atoms with Crippen molar-refractivity contribution in [3.63, 3.8) is 0 Å². The molecule has 0 radical (unpaired) electrons. The Morgan fingerprint density at radius 3 is 2.22 bits per heavy atom. The van der Waals surface area contributed by atoms with Crippen LogP contribution in [0.15, 0.2) is 84.0 Å². The van der Waals surface area contributed by atoms with Gasteiger partial charge in [0.1, 0.15) is 0 Å². The molecule has 23 heavy (non-hydrogen) atoms. The van der Waals surface area contributed by atoms with Crippen molar-refractivity contribution in [3.8, 4) is 0 Å². The van der Waals surface area contributed by atoms with Crippen LogP contribution in [-0.2, 0) is 6.42 Å². The van der Waals surface area contributed by atoms with E-state index in [0.29, 0.717) is 11.8 Å². The maximum atomic E-state index is 2.47. The quantitative estimate of drug-likeness (QED) is 0.586. The zero-order valence-electron chi connectivity index (χ0n) is 14.2. The highest BCUT2D eigenvalue weighted by Crippen LogP contribution is 2.36. The van der Waals surface area contributed by atoms with Crippen LogP contribution in [0.3, 0.4) is 0 Å². The molecular formula is C23H26. The van der Waals surface area contributed by atoms with Gasteiger partial charge >= 0.3 is 0 Å². The molecule has 0 N–H and O–H groups in total. The van der Waals surface area contributed by atoms with E-state index in [1.54, 1.807) is 5.57 Å². The van der Waals surface area contributed by atoms with Crippen molar-refractivity contribution in [2.75, 3.05) is 0 Å². The van der Waals surface area contributed by atoms with Crippen LogP contribution < -0.4 is 0 Å². The molecular weight excluding hydrogens is 276 g/mol. The molecule has 0 bridgehead atoms. The first-order valence-corrected chi connectivity index (χ1v) is 8.77. The highest BCUT2D eigenvalue weighted by molar-refractivity contribution is 5.42. The largest absolute Gasteiger partial charge is 0.0769 e. The molecule has 1 aliphatic carbocycles. The molecule has 2 aromatic rings. The summed E-state index contributed by atoms with van der Waals surface area (Å²) < 4.78 is 0. The molecule has 0 heteroatoms. The van der Waals surface area contributed by atoms with Gasteiger partial charge in [-0.2, -0.15) is 0 Å². The summed E-state index contributed by atoms with van der Waals surface area (Å²) in [4.78, 5) is 0. The second kappa shape index (κ2) is 7.46. The SMILES string of the molecule is CCC(C)C1=CCC(C(Cc2ccccc2)c2ccccc2)=C1. The number of benzene rings is 2. The zero-order valence-corrected chi connectivity index (χ0v) is 14.2. The minimum atomic E-state index is 0.483. The van der Waals surface area contributed by atoms with Crippen LogP contribution in [-0.4, -0.2) is 0 Å². The van der Waals surface area contributed by atoms with E-state index in [-0.39, 0.29) is 0 Å². The van der Waals surface area contributed by atoms with Crippen molar-refractivity contribution in [1.82, 2.24) is 0 Å². The normalized spacial score (nSPS) is 16.6. The summed E-state index contributed by atoms with van der Waals surface area (Å²) in [5.41, 5.74) is 5.94. The van der Waals surface area contributed by atoms with Crippen LogP contribution in [0.5, 0.6) is 0 Å². The Labute approximate surface area is 140 Å². The summed E-state index contributed by atoms with van der Waals surface area (Å²) in [7, 11) is 0. The molecule has 0 nitrogen and oxygen atoms in total. The molecule has 0 spiro atoms. The summed E-state index contributed by atoms with van der Waals surface area (Å²) >= 11 is 0. The topological polar surface area (TPSA) is 0 Å². The van der Waals surface area contributed by atoms with Crippen LogP contribution in [0.1, 0.15) is 43.7 Å². The Bertz CT molecular complexity index is 676. The Hall–Kier alpha value is -2.08. The van der Waals surface area contributed by atoms with E-state index in [4.69, 9.17) is 0 Å². The summed E-state index contributed by atoms with van der Waals surface area (Å²) in [6, 6.07) is 21.8. The predicted octanol–water partition coefficient (Wildman–Crippen LogP) is 6.32. The molecule has 1 aliphatic rings. The van der Waals surface area contributed by atoms with E-state index in [9.17, 15) is 0 Å². The van der Waals surface area contributed by atoms with E-state index in [1.165, 1.54) is 23.1 Å². The van der Waals surface area contributed by atoms with Crippen molar-refractivity contribution in [2.45, 2.75) is 39.0 Å². The molecule has 2 atom stereocenters. The number of hydrogen-bond donors (Lipinski definition) is 0. The monoisotopic (exact) mass is 302 g/mol. The van der Waals surface area contributed by atoms with Gasteiger partial charge in [0.2, 0.25) is 0 Å². The third-order valence-corrected chi connectivity index (χ3v) is 5.04. The second-order valence-electron chi connectivity index (χ2n) is 6.59. The Balaban J connectivity index is 1.88. The van der Waals surface area contributed by atoms with Gasteiger partial charge in [0, 0.05) is 5.92 Å². The lowest BCUT2D eigenvalue weighted by atomic mass is 9.85. The molecule has 0 fully saturated rings. The fourth-order valence-electron chi connectivity index (χ4n) is 3.39. The van der Waals surface area contributed by atoms with Crippen LogP contribution >= 0.6 is 0 Å². The molecule has 0 saturated carbocycles. The first-order valence-electron chi connectivity index (χ1n) is 8.77. The van der Waals surface area contributed by atoms with Gasteiger partial charge in [-0.25, -0.2) is 0 Å². The second-order valence-corrected chi connectivity index (χ2v) is 6.59. The van der Waals surface area contributed by atoms with Gasteiger partial charge in [-0.15, -0.1) is 0 Å². The molecule has 0 heterocycles. The van der Waals surface area contributed by atoms with Gasteiger partial charge in [-0.05, 0) is 41.9 Å². The molecule has 2 unspecified atom stereocenters. The average Bonchev–Trinajstić information content (AvgIpc) is 3.10. The Morgan fingerprint density at radius 1 is 0.913 bits per heavy atom. The van der Waals surface area contributed by atoms with E-state index >= 15 is 0 Å².